The summed E-state index contributed by atoms with van der Waals surface area (Å²) in [6.45, 7) is 4.33. The molecule has 1 unspecified atom stereocenters. The minimum absolute atomic E-state index is 0.247. The summed E-state index contributed by atoms with van der Waals surface area (Å²) < 4.78 is 37.8. The predicted octanol–water partition coefficient (Wildman–Crippen LogP) is 13.1. The lowest BCUT2D eigenvalue weighted by Crippen LogP contribution is -1.97. The van der Waals surface area contributed by atoms with Gasteiger partial charge < -0.3 is 39.9 Å². The molecular formula is C46H40N2O6. The van der Waals surface area contributed by atoms with E-state index in [0.29, 0.717) is 80.4 Å². The van der Waals surface area contributed by atoms with E-state index in [1.54, 1.807) is 24.3 Å². The number of nitrogen functional groups attached to an aromatic ring is 2. The smallest absolute Gasteiger partial charge is 0.169 e. The number of ether oxygens (including phenoxy) is 6. The highest BCUT2D eigenvalue weighted by Crippen LogP contribution is 2.41. The third-order valence-electron chi connectivity index (χ3n) is 8.60. The highest BCUT2D eigenvalue weighted by atomic mass is 16.5. The fourth-order valence-electron chi connectivity index (χ4n) is 5.58. The topological polar surface area (TPSA) is 107 Å². The van der Waals surface area contributed by atoms with Crippen molar-refractivity contribution in [1.29, 1.82) is 0 Å². The molecule has 0 saturated carbocycles. The first-order chi connectivity index (χ1) is 26.4. The second-order valence-corrected chi connectivity index (χ2v) is 12.6. The van der Waals surface area contributed by atoms with Crippen LogP contribution in [0.1, 0.15) is 31.7 Å². The molecule has 8 nitrogen and oxygen atoms in total. The number of hydrogen-bond donors (Lipinski definition) is 2. The van der Waals surface area contributed by atoms with Crippen molar-refractivity contribution >= 4 is 11.4 Å². The molecule has 0 aliphatic heterocycles. The standard InChI is InChI=1S/C46H40N2O6/c1-3-31(2)32-26-37(53-45-24-10-8-22-43(45)51-35-16-12-14-33(28-35)49-41-20-6-4-18-39(41)47)30-38(27-32)54-46-25-11-9-23-44(46)52-36-17-13-15-34(29-36)50-42-21-7-5-19-40(42)48/h4-31H,3,47-48H2,1-2H3. The van der Waals surface area contributed by atoms with Gasteiger partial charge in [-0.25, -0.2) is 0 Å². The molecule has 0 saturated heterocycles. The predicted molar refractivity (Wildman–Crippen MR) is 213 cm³/mol. The molecule has 0 aliphatic carbocycles. The normalized spacial score (nSPS) is 11.3. The van der Waals surface area contributed by atoms with E-state index < -0.39 is 0 Å². The lowest BCUT2D eigenvalue weighted by atomic mass is 9.98. The van der Waals surface area contributed by atoms with Crippen molar-refractivity contribution in [3.05, 3.63) is 169 Å². The minimum atomic E-state index is 0.247. The van der Waals surface area contributed by atoms with E-state index in [-0.39, 0.29) is 5.92 Å². The van der Waals surface area contributed by atoms with Gasteiger partial charge in [0.15, 0.2) is 23.0 Å². The van der Waals surface area contributed by atoms with Crippen molar-refractivity contribution in [1.82, 2.24) is 0 Å². The van der Waals surface area contributed by atoms with Crippen molar-refractivity contribution in [2.45, 2.75) is 26.2 Å². The van der Waals surface area contributed by atoms with Gasteiger partial charge in [0.25, 0.3) is 0 Å². The summed E-state index contributed by atoms with van der Waals surface area (Å²) in [4.78, 5) is 0. The lowest BCUT2D eigenvalue weighted by molar-refractivity contribution is 0.404. The molecule has 0 aromatic heterocycles. The zero-order chi connectivity index (χ0) is 37.3. The Hall–Kier alpha value is -7.06. The van der Waals surface area contributed by atoms with E-state index in [2.05, 4.69) is 13.8 Å². The van der Waals surface area contributed by atoms with Gasteiger partial charge in [-0.05, 0) is 103 Å². The summed E-state index contributed by atoms with van der Waals surface area (Å²) >= 11 is 0. The monoisotopic (exact) mass is 716 g/mol. The maximum atomic E-state index is 6.53. The fraction of sp³-hybridized carbons (Fsp3) is 0.0870. The van der Waals surface area contributed by atoms with Gasteiger partial charge in [-0.2, -0.15) is 0 Å². The number of nitrogens with two attached hydrogens (primary N) is 2. The van der Waals surface area contributed by atoms with Crippen molar-refractivity contribution in [2.24, 2.45) is 0 Å². The first-order valence-electron chi connectivity index (χ1n) is 17.7. The van der Waals surface area contributed by atoms with Gasteiger partial charge in [-0.15, -0.1) is 0 Å². The molecule has 7 rings (SSSR count). The van der Waals surface area contributed by atoms with E-state index >= 15 is 0 Å². The average Bonchev–Trinajstić information content (AvgIpc) is 3.18. The van der Waals surface area contributed by atoms with Gasteiger partial charge in [0.1, 0.15) is 46.0 Å². The maximum absolute atomic E-state index is 6.53. The number of hydrogen-bond acceptors (Lipinski definition) is 8. The summed E-state index contributed by atoms with van der Waals surface area (Å²) in [5.74, 6) is 7.05. The molecule has 0 spiro atoms. The van der Waals surface area contributed by atoms with Crippen LogP contribution in [-0.4, -0.2) is 0 Å². The van der Waals surface area contributed by atoms with Gasteiger partial charge in [0.05, 0.1) is 11.4 Å². The molecule has 54 heavy (non-hydrogen) atoms. The average molecular weight is 717 g/mol. The van der Waals surface area contributed by atoms with Crippen LogP contribution in [0.5, 0.6) is 69.0 Å². The van der Waals surface area contributed by atoms with Crippen molar-refractivity contribution < 1.29 is 28.4 Å². The third kappa shape index (κ3) is 8.86. The molecule has 0 fully saturated rings. The summed E-state index contributed by atoms with van der Waals surface area (Å²) in [5.41, 5.74) is 14.3. The molecule has 8 heteroatoms. The maximum Gasteiger partial charge on any atom is 0.169 e. The lowest BCUT2D eigenvalue weighted by Gasteiger charge is -2.18. The van der Waals surface area contributed by atoms with Gasteiger partial charge in [-0.1, -0.05) is 74.5 Å². The largest absolute Gasteiger partial charge is 0.455 e. The molecule has 1 atom stereocenters. The van der Waals surface area contributed by atoms with E-state index in [1.807, 2.05) is 140 Å². The van der Waals surface area contributed by atoms with Crippen molar-refractivity contribution in [2.75, 3.05) is 11.5 Å². The Kier molecular flexibility index (Phi) is 10.8. The Morgan fingerprint density at radius 3 is 1.02 bits per heavy atom. The van der Waals surface area contributed by atoms with Gasteiger partial charge >= 0.3 is 0 Å². The molecular weight excluding hydrogens is 677 g/mol. The van der Waals surface area contributed by atoms with Crippen LogP contribution in [0, 0.1) is 0 Å². The SMILES string of the molecule is CCC(C)c1cc(Oc2ccccc2Oc2cccc(Oc3ccccc3N)c2)cc(Oc2ccccc2Oc2cccc(Oc3ccccc3N)c2)c1. The van der Waals surface area contributed by atoms with Gasteiger partial charge in [-0.3, -0.25) is 0 Å². The summed E-state index contributed by atoms with van der Waals surface area (Å²) in [7, 11) is 0. The van der Waals surface area contributed by atoms with E-state index in [0.717, 1.165) is 12.0 Å². The molecule has 270 valence electrons. The zero-order valence-electron chi connectivity index (χ0n) is 30.0. The Balaban J connectivity index is 1.11. The zero-order valence-corrected chi connectivity index (χ0v) is 30.0. The van der Waals surface area contributed by atoms with Crippen LogP contribution in [0.4, 0.5) is 11.4 Å². The Morgan fingerprint density at radius 1 is 0.370 bits per heavy atom. The van der Waals surface area contributed by atoms with Crippen LogP contribution in [0.25, 0.3) is 0 Å². The van der Waals surface area contributed by atoms with E-state index in [9.17, 15) is 0 Å². The number of anilines is 2. The van der Waals surface area contributed by atoms with Crippen molar-refractivity contribution in [3.63, 3.8) is 0 Å². The molecule has 0 heterocycles. The third-order valence-corrected chi connectivity index (χ3v) is 8.60. The number of para-hydroxylation sites is 8. The van der Waals surface area contributed by atoms with Crippen LogP contribution in [0.15, 0.2) is 164 Å². The summed E-state index contributed by atoms with van der Waals surface area (Å²) in [6, 6.07) is 50.4. The Bertz CT molecular complexity index is 2200. The molecule has 0 radical (unpaired) electrons. The van der Waals surface area contributed by atoms with Gasteiger partial charge in [0, 0.05) is 18.2 Å². The first-order valence-corrected chi connectivity index (χ1v) is 17.7. The van der Waals surface area contributed by atoms with Crippen LogP contribution < -0.4 is 39.9 Å². The molecule has 0 amide bonds. The summed E-state index contributed by atoms with van der Waals surface area (Å²) in [6.07, 6.45) is 0.933. The molecule has 4 N–H and O–H groups in total. The van der Waals surface area contributed by atoms with Crippen LogP contribution in [0.2, 0.25) is 0 Å². The molecule has 0 bridgehead atoms. The molecule has 7 aromatic rings. The minimum Gasteiger partial charge on any atom is -0.455 e. The first kappa shape index (κ1) is 35.3. The second-order valence-electron chi connectivity index (χ2n) is 12.6. The fourth-order valence-corrected chi connectivity index (χ4v) is 5.58. The van der Waals surface area contributed by atoms with E-state index in [4.69, 9.17) is 39.9 Å². The van der Waals surface area contributed by atoms with Crippen LogP contribution >= 0.6 is 0 Å². The van der Waals surface area contributed by atoms with E-state index in [1.165, 1.54) is 0 Å². The molecule has 0 aliphatic rings. The number of rotatable bonds is 14. The Labute approximate surface area is 315 Å². The highest BCUT2D eigenvalue weighted by Gasteiger charge is 2.15. The highest BCUT2D eigenvalue weighted by molar-refractivity contribution is 5.56. The molecule has 7 aromatic carbocycles. The Morgan fingerprint density at radius 2 is 0.667 bits per heavy atom. The van der Waals surface area contributed by atoms with Crippen LogP contribution in [-0.2, 0) is 0 Å². The van der Waals surface area contributed by atoms with Crippen molar-refractivity contribution in [3.8, 4) is 69.0 Å². The quantitative estimate of drug-likeness (QED) is 0.107. The number of benzene rings is 7. The van der Waals surface area contributed by atoms with Crippen LogP contribution in [0.3, 0.4) is 0 Å². The summed E-state index contributed by atoms with van der Waals surface area (Å²) in [5, 5.41) is 0. The van der Waals surface area contributed by atoms with Gasteiger partial charge in [0.2, 0.25) is 0 Å². The second kappa shape index (κ2) is 16.5.